The predicted molar refractivity (Wildman–Crippen MR) is 65.9 cm³/mol. The van der Waals surface area contributed by atoms with Crippen molar-refractivity contribution >= 4 is 0 Å². The van der Waals surface area contributed by atoms with E-state index in [9.17, 15) is 0 Å². The van der Waals surface area contributed by atoms with Crippen molar-refractivity contribution in [1.29, 1.82) is 0 Å². The molecule has 1 heteroatoms. The summed E-state index contributed by atoms with van der Waals surface area (Å²) >= 11 is 0. The molecule has 1 aliphatic heterocycles. The van der Waals surface area contributed by atoms with Crippen LogP contribution in [0, 0.1) is 17.8 Å². The smallest absolute Gasteiger partial charge is 0.0124 e. The fourth-order valence-corrected chi connectivity index (χ4v) is 3.23. The Morgan fingerprint density at radius 3 is 2.13 bits per heavy atom. The Balaban J connectivity index is 1.91. The van der Waals surface area contributed by atoms with Crippen LogP contribution in [0.3, 0.4) is 0 Å². The van der Waals surface area contributed by atoms with Crippen molar-refractivity contribution in [1.82, 2.24) is 4.90 Å². The molecule has 1 nitrogen and oxygen atoms in total. The van der Waals surface area contributed by atoms with Crippen molar-refractivity contribution in [2.45, 2.75) is 65.5 Å². The molecule has 88 valence electrons. The Morgan fingerprint density at radius 2 is 1.73 bits per heavy atom. The molecule has 0 amide bonds. The zero-order valence-electron chi connectivity index (χ0n) is 10.9. The van der Waals surface area contributed by atoms with E-state index in [1.807, 2.05) is 0 Å². The van der Waals surface area contributed by atoms with Crippen molar-refractivity contribution in [2.75, 3.05) is 6.54 Å². The monoisotopic (exact) mass is 209 g/mol. The number of rotatable bonds is 4. The van der Waals surface area contributed by atoms with Gasteiger partial charge >= 0.3 is 0 Å². The van der Waals surface area contributed by atoms with Gasteiger partial charge in [-0.25, -0.2) is 0 Å². The zero-order valence-corrected chi connectivity index (χ0v) is 10.9. The van der Waals surface area contributed by atoms with Crippen LogP contribution in [0.5, 0.6) is 0 Å². The molecular formula is C14H27N. The number of hydrogen-bond donors (Lipinski definition) is 0. The highest BCUT2D eigenvalue weighted by Gasteiger charge is 2.37. The first-order valence-electron chi connectivity index (χ1n) is 6.83. The van der Waals surface area contributed by atoms with Crippen LogP contribution < -0.4 is 0 Å². The summed E-state index contributed by atoms with van der Waals surface area (Å²) in [7, 11) is 0. The molecule has 1 saturated carbocycles. The van der Waals surface area contributed by atoms with Gasteiger partial charge in [-0.2, -0.15) is 0 Å². The fourth-order valence-electron chi connectivity index (χ4n) is 3.23. The van der Waals surface area contributed by atoms with Crippen molar-refractivity contribution < 1.29 is 0 Å². The molecule has 1 saturated heterocycles. The summed E-state index contributed by atoms with van der Waals surface area (Å²) in [4.78, 5) is 2.75. The van der Waals surface area contributed by atoms with Crippen LogP contribution in [-0.2, 0) is 0 Å². The Bertz CT molecular complexity index is 189. The zero-order chi connectivity index (χ0) is 11.0. The Hall–Kier alpha value is -0.0400. The summed E-state index contributed by atoms with van der Waals surface area (Å²) in [6.07, 6.45) is 6.02. The van der Waals surface area contributed by atoms with E-state index in [4.69, 9.17) is 0 Å². The molecule has 0 aromatic rings. The molecule has 2 atom stereocenters. The molecule has 2 aliphatic rings. The average Bonchev–Trinajstić information content (AvgIpc) is 2.81. The van der Waals surface area contributed by atoms with Gasteiger partial charge in [-0.3, -0.25) is 4.90 Å². The summed E-state index contributed by atoms with van der Waals surface area (Å²) in [6.45, 7) is 10.9. The molecule has 2 rings (SSSR count). The van der Waals surface area contributed by atoms with Crippen LogP contribution in [-0.4, -0.2) is 23.5 Å². The first-order chi connectivity index (χ1) is 7.08. The van der Waals surface area contributed by atoms with Crippen molar-refractivity contribution in [2.24, 2.45) is 17.8 Å². The summed E-state index contributed by atoms with van der Waals surface area (Å²) in [6, 6.07) is 1.59. The van der Waals surface area contributed by atoms with Crippen molar-refractivity contribution in [3.63, 3.8) is 0 Å². The maximum absolute atomic E-state index is 2.75. The van der Waals surface area contributed by atoms with Gasteiger partial charge in [-0.15, -0.1) is 0 Å². The SMILES string of the molecule is CC(C)C1CC(CC2CC2)CN1C(C)C. The standard InChI is InChI=1S/C14H27N/c1-10(2)14-8-13(7-12-5-6-12)9-15(14)11(3)4/h10-14H,5-9H2,1-4H3. The van der Waals surface area contributed by atoms with E-state index in [1.54, 1.807) is 0 Å². The minimum absolute atomic E-state index is 0.738. The van der Waals surface area contributed by atoms with E-state index in [0.717, 1.165) is 29.8 Å². The van der Waals surface area contributed by atoms with Gasteiger partial charge in [0.15, 0.2) is 0 Å². The lowest BCUT2D eigenvalue weighted by molar-refractivity contribution is 0.164. The van der Waals surface area contributed by atoms with Crippen molar-refractivity contribution in [3.05, 3.63) is 0 Å². The highest BCUT2D eigenvalue weighted by atomic mass is 15.2. The Morgan fingerprint density at radius 1 is 1.07 bits per heavy atom. The quantitative estimate of drug-likeness (QED) is 0.684. The van der Waals surface area contributed by atoms with Crippen LogP contribution >= 0.6 is 0 Å². The van der Waals surface area contributed by atoms with E-state index in [0.29, 0.717) is 0 Å². The lowest BCUT2D eigenvalue weighted by Crippen LogP contribution is -2.38. The van der Waals surface area contributed by atoms with E-state index >= 15 is 0 Å². The van der Waals surface area contributed by atoms with Crippen molar-refractivity contribution in [3.8, 4) is 0 Å². The lowest BCUT2D eigenvalue weighted by atomic mass is 9.94. The fraction of sp³-hybridized carbons (Fsp3) is 1.00. The molecule has 0 aromatic carbocycles. The molecule has 0 spiro atoms. The maximum atomic E-state index is 2.75. The second-order valence-corrected chi connectivity index (χ2v) is 6.38. The molecule has 0 N–H and O–H groups in total. The van der Waals surface area contributed by atoms with Gasteiger partial charge in [0.05, 0.1) is 0 Å². The third-order valence-corrected chi connectivity index (χ3v) is 4.27. The van der Waals surface area contributed by atoms with Gasteiger partial charge in [0, 0.05) is 18.6 Å². The van der Waals surface area contributed by atoms with E-state index in [-0.39, 0.29) is 0 Å². The second-order valence-electron chi connectivity index (χ2n) is 6.38. The summed E-state index contributed by atoms with van der Waals surface area (Å²) < 4.78 is 0. The van der Waals surface area contributed by atoms with E-state index in [2.05, 4.69) is 32.6 Å². The average molecular weight is 209 g/mol. The molecule has 0 bridgehead atoms. The third-order valence-electron chi connectivity index (χ3n) is 4.27. The van der Waals surface area contributed by atoms with Crippen LogP contribution in [0.15, 0.2) is 0 Å². The largest absolute Gasteiger partial charge is 0.297 e. The normalized spacial score (nSPS) is 33.2. The topological polar surface area (TPSA) is 3.24 Å². The number of likely N-dealkylation sites (tertiary alicyclic amines) is 1. The van der Waals surface area contributed by atoms with E-state index < -0.39 is 0 Å². The molecule has 0 radical (unpaired) electrons. The first kappa shape index (κ1) is 11.4. The van der Waals surface area contributed by atoms with Gasteiger partial charge in [-0.05, 0) is 44.4 Å². The van der Waals surface area contributed by atoms with Gasteiger partial charge in [0.25, 0.3) is 0 Å². The minimum Gasteiger partial charge on any atom is -0.297 e. The van der Waals surface area contributed by atoms with Crippen LogP contribution in [0.2, 0.25) is 0 Å². The Kier molecular flexibility index (Phi) is 3.39. The molecular weight excluding hydrogens is 182 g/mol. The molecule has 2 unspecified atom stereocenters. The lowest BCUT2D eigenvalue weighted by Gasteiger charge is -2.30. The summed E-state index contributed by atoms with van der Waals surface area (Å²) in [5, 5.41) is 0. The maximum Gasteiger partial charge on any atom is 0.0124 e. The highest BCUT2D eigenvalue weighted by Crippen LogP contribution is 2.40. The summed E-state index contributed by atoms with van der Waals surface area (Å²) in [5.41, 5.74) is 0. The highest BCUT2D eigenvalue weighted by molar-refractivity contribution is 4.91. The van der Waals surface area contributed by atoms with Gasteiger partial charge < -0.3 is 0 Å². The molecule has 15 heavy (non-hydrogen) atoms. The molecule has 1 aliphatic carbocycles. The second kappa shape index (κ2) is 4.45. The van der Waals surface area contributed by atoms with Crippen LogP contribution in [0.4, 0.5) is 0 Å². The third kappa shape index (κ3) is 2.75. The summed E-state index contributed by atoms with van der Waals surface area (Å²) in [5.74, 6) is 2.94. The predicted octanol–water partition coefficient (Wildman–Crippen LogP) is 3.54. The Labute approximate surface area is 95.2 Å². The van der Waals surface area contributed by atoms with Gasteiger partial charge in [0.1, 0.15) is 0 Å². The van der Waals surface area contributed by atoms with Crippen LogP contribution in [0.25, 0.3) is 0 Å². The van der Waals surface area contributed by atoms with E-state index in [1.165, 1.54) is 32.2 Å². The minimum atomic E-state index is 0.738. The molecule has 2 fully saturated rings. The molecule has 1 heterocycles. The molecule has 0 aromatic heterocycles. The number of hydrogen-bond acceptors (Lipinski definition) is 1. The van der Waals surface area contributed by atoms with Crippen LogP contribution in [0.1, 0.15) is 53.4 Å². The number of nitrogens with zero attached hydrogens (tertiary/aromatic N) is 1. The van der Waals surface area contributed by atoms with Gasteiger partial charge in [-0.1, -0.05) is 26.7 Å². The van der Waals surface area contributed by atoms with Gasteiger partial charge in [0.2, 0.25) is 0 Å². The first-order valence-corrected chi connectivity index (χ1v) is 6.83.